The van der Waals surface area contributed by atoms with E-state index in [-0.39, 0.29) is 5.82 Å². The molecule has 0 radical (unpaired) electrons. The van der Waals surface area contributed by atoms with Gasteiger partial charge in [-0.3, -0.25) is 0 Å². The molecule has 0 fully saturated rings. The van der Waals surface area contributed by atoms with Crippen molar-refractivity contribution in [2.45, 2.75) is 0 Å². The van der Waals surface area contributed by atoms with Crippen molar-refractivity contribution in [3.8, 4) is 33.9 Å². The second kappa shape index (κ2) is 7.88. The van der Waals surface area contributed by atoms with Gasteiger partial charge in [0.1, 0.15) is 5.82 Å². The quantitative estimate of drug-likeness (QED) is 0.294. The number of nitrogens with zero attached hydrogens (tertiary/aromatic N) is 4. The summed E-state index contributed by atoms with van der Waals surface area (Å²) in [6.07, 6.45) is 6.84. The summed E-state index contributed by atoms with van der Waals surface area (Å²) < 4.78 is 14.5. The largest absolute Gasteiger partial charge is 0.237 e. The molecule has 4 nitrogen and oxygen atoms in total. The Labute approximate surface area is 189 Å². The fourth-order valence-corrected chi connectivity index (χ4v) is 4.35. The first kappa shape index (κ1) is 19.2. The van der Waals surface area contributed by atoms with E-state index in [1.165, 1.54) is 12.1 Å². The van der Waals surface area contributed by atoms with E-state index < -0.39 is 0 Å². The maximum absolute atomic E-state index is 14.5. The average molecular weight is 428 g/mol. The monoisotopic (exact) mass is 428 g/mol. The number of fused-ring (bicyclic) bond motifs is 2. The van der Waals surface area contributed by atoms with Crippen LogP contribution in [0.1, 0.15) is 0 Å². The molecular formula is C28H17FN4. The minimum absolute atomic E-state index is 0.320. The Morgan fingerprint density at radius 3 is 1.61 bits per heavy atom. The van der Waals surface area contributed by atoms with Crippen molar-refractivity contribution in [1.29, 1.82) is 0 Å². The summed E-state index contributed by atoms with van der Waals surface area (Å²) in [7, 11) is 0. The molecule has 33 heavy (non-hydrogen) atoms. The highest BCUT2D eigenvalue weighted by atomic mass is 19.1. The van der Waals surface area contributed by atoms with Crippen molar-refractivity contribution in [2.75, 3.05) is 0 Å². The minimum atomic E-state index is -0.320. The van der Waals surface area contributed by atoms with E-state index in [9.17, 15) is 4.39 Å². The van der Waals surface area contributed by atoms with Crippen LogP contribution < -0.4 is 0 Å². The Morgan fingerprint density at radius 2 is 1.00 bits per heavy atom. The van der Waals surface area contributed by atoms with Crippen LogP contribution in [-0.2, 0) is 0 Å². The summed E-state index contributed by atoms with van der Waals surface area (Å²) in [5, 5.41) is 3.46. The van der Waals surface area contributed by atoms with E-state index >= 15 is 0 Å². The van der Waals surface area contributed by atoms with Crippen LogP contribution in [0.4, 0.5) is 4.39 Å². The second-order valence-corrected chi connectivity index (χ2v) is 7.71. The third-order valence-corrected chi connectivity index (χ3v) is 5.76. The van der Waals surface area contributed by atoms with Crippen molar-refractivity contribution in [3.63, 3.8) is 0 Å². The van der Waals surface area contributed by atoms with E-state index in [4.69, 9.17) is 0 Å². The van der Waals surface area contributed by atoms with Gasteiger partial charge in [0, 0.05) is 35.9 Å². The molecule has 4 aromatic carbocycles. The molecule has 0 atom stereocenters. The molecule has 6 rings (SSSR count). The normalized spacial score (nSPS) is 11.2. The summed E-state index contributed by atoms with van der Waals surface area (Å²) in [6.45, 7) is 0. The molecule has 156 valence electrons. The number of aromatic nitrogens is 4. The SMILES string of the molecule is Fc1ccc2c(-c3ncccn3)c3cc(-c4ccccc4)ccc3c(-c3ncccn3)c2c1. The minimum Gasteiger partial charge on any atom is -0.237 e. The van der Waals surface area contributed by atoms with Crippen LogP contribution in [0.2, 0.25) is 0 Å². The molecule has 0 saturated carbocycles. The van der Waals surface area contributed by atoms with Crippen LogP contribution in [0.3, 0.4) is 0 Å². The van der Waals surface area contributed by atoms with Gasteiger partial charge in [0.25, 0.3) is 0 Å². The highest BCUT2D eigenvalue weighted by Gasteiger charge is 2.20. The lowest BCUT2D eigenvalue weighted by Crippen LogP contribution is -1.97. The van der Waals surface area contributed by atoms with Gasteiger partial charge in [-0.25, -0.2) is 24.3 Å². The van der Waals surface area contributed by atoms with Gasteiger partial charge >= 0.3 is 0 Å². The van der Waals surface area contributed by atoms with Crippen molar-refractivity contribution >= 4 is 21.5 Å². The molecule has 0 spiro atoms. The van der Waals surface area contributed by atoms with Gasteiger partial charge in [-0.15, -0.1) is 0 Å². The van der Waals surface area contributed by atoms with Gasteiger partial charge in [-0.2, -0.15) is 0 Å². The molecule has 0 amide bonds. The molecule has 0 aliphatic carbocycles. The zero-order chi connectivity index (χ0) is 22.2. The standard InChI is InChI=1S/C28H17FN4/c29-20-9-11-22-24(17-20)26(28-32-14-5-15-33-28)21-10-8-19(18-6-2-1-3-7-18)16-23(21)25(22)27-30-12-4-13-31-27/h1-17H. The van der Waals surface area contributed by atoms with Crippen molar-refractivity contribution in [2.24, 2.45) is 0 Å². The maximum Gasteiger partial charge on any atom is 0.160 e. The fraction of sp³-hybridized carbons (Fsp3) is 0. The van der Waals surface area contributed by atoms with Crippen LogP contribution in [0.25, 0.3) is 55.4 Å². The summed E-state index contributed by atoms with van der Waals surface area (Å²) in [6, 6.07) is 24.8. The highest BCUT2D eigenvalue weighted by Crippen LogP contribution is 2.43. The topological polar surface area (TPSA) is 51.6 Å². The first-order chi connectivity index (χ1) is 16.3. The summed E-state index contributed by atoms with van der Waals surface area (Å²) >= 11 is 0. The van der Waals surface area contributed by atoms with Gasteiger partial charge in [0.2, 0.25) is 0 Å². The Hall–Kier alpha value is -4.51. The lowest BCUT2D eigenvalue weighted by atomic mass is 9.89. The third-order valence-electron chi connectivity index (χ3n) is 5.76. The number of rotatable bonds is 3. The Bertz CT molecular complexity index is 1600. The molecule has 0 unspecified atom stereocenters. The molecule has 0 bridgehead atoms. The van der Waals surface area contributed by atoms with Crippen LogP contribution in [0, 0.1) is 5.82 Å². The zero-order valence-corrected chi connectivity index (χ0v) is 17.5. The van der Waals surface area contributed by atoms with E-state index in [2.05, 4.69) is 50.3 Å². The van der Waals surface area contributed by atoms with E-state index in [0.717, 1.165) is 43.8 Å². The van der Waals surface area contributed by atoms with Crippen LogP contribution in [0.15, 0.2) is 104 Å². The Kier molecular flexibility index (Phi) is 4.58. The van der Waals surface area contributed by atoms with Gasteiger partial charge < -0.3 is 0 Å². The van der Waals surface area contributed by atoms with Crippen molar-refractivity contribution in [3.05, 3.63) is 109 Å². The number of hydrogen-bond acceptors (Lipinski definition) is 4. The van der Waals surface area contributed by atoms with E-state index in [0.29, 0.717) is 11.6 Å². The van der Waals surface area contributed by atoms with Gasteiger partial charge in [-0.05, 0) is 63.0 Å². The Balaban J connectivity index is 1.81. The van der Waals surface area contributed by atoms with E-state index in [1.54, 1.807) is 43.0 Å². The molecule has 0 saturated heterocycles. The maximum atomic E-state index is 14.5. The molecule has 0 aliphatic rings. The predicted molar refractivity (Wildman–Crippen MR) is 129 cm³/mol. The predicted octanol–water partition coefficient (Wildman–Crippen LogP) is 6.71. The molecule has 2 heterocycles. The summed E-state index contributed by atoms with van der Waals surface area (Å²) in [5.41, 5.74) is 3.83. The number of benzene rings is 4. The lowest BCUT2D eigenvalue weighted by molar-refractivity contribution is 0.630. The third kappa shape index (κ3) is 3.31. The van der Waals surface area contributed by atoms with Crippen LogP contribution in [-0.4, -0.2) is 19.9 Å². The molecule has 6 aromatic rings. The summed E-state index contributed by atoms with van der Waals surface area (Å²) in [5.74, 6) is 0.816. The molecule has 2 aromatic heterocycles. The smallest absolute Gasteiger partial charge is 0.160 e. The summed E-state index contributed by atoms with van der Waals surface area (Å²) in [4.78, 5) is 18.1. The number of hydrogen-bond donors (Lipinski definition) is 0. The average Bonchev–Trinajstić information content (AvgIpc) is 2.88. The molecule has 0 N–H and O–H groups in total. The van der Waals surface area contributed by atoms with Gasteiger partial charge in [0.05, 0.1) is 0 Å². The Morgan fingerprint density at radius 1 is 0.455 bits per heavy atom. The fourth-order valence-electron chi connectivity index (χ4n) is 4.35. The second-order valence-electron chi connectivity index (χ2n) is 7.71. The van der Waals surface area contributed by atoms with E-state index in [1.807, 2.05) is 18.2 Å². The molecule has 5 heteroatoms. The van der Waals surface area contributed by atoms with Gasteiger partial charge in [0.15, 0.2) is 11.6 Å². The zero-order valence-electron chi connectivity index (χ0n) is 17.5. The van der Waals surface area contributed by atoms with Gasteiger partial charge in [-0.1, -0.05) is 48.5 Å². The lowest BCUT2D eigenvalue weighted by Gasteiger charge is -2.17. The molecular weight excluding hydrogens is 411 g/mol. The first-order valence-corrected chi connectivity index (χ1v) is 10.6. The highest BCUT2D eigenvalue weighted by molar-refractivity contribution is 6.20. The van der Waals surface area contributed by atoms with Crippen LogP contribution >= 0.6 is 0 Å². The van der Waals surface area contributed by atoms with Crippen molar-refractivity contribution in [1.82, 2.24) is 19.9 Å². The molecule has 0 aliphatic heterocycles. The van der Waals surface area contributed by atoms with Crippen molar-refractivity contribution < 1.29 is 4.39 Å². The first-order valence-electron chi connectivity index (χ1n) is 10.6. The van der Waals surface area contributed by atoms with Crippen LogP contribution in [0.5, 0.6) is 0 Å². The number of halogens is 1.